The number of fused-ring (bicyclic) bond motifs is 2. The molecular formula is C28H42N2O3. The Morgan fingerprint density at radius 1 is 0.970 bits per heavy atom. The maximum atomic E-state index is 12.2. The average molecular weight is 455 g/mol. The van der Waals surface area contributed by atoms with E-state index in [2.05, 4.69) is 34.1 Å². The Bertz CT molecular complexity index is 790. The molecule has 0 bridgehead atoms. The monoisotopic (exact) mass is 454 g/mol. The molecule has 4 aliphatic rings. The van der Waals surface area contributed by atoms with Crippen LogP contribution in [-0.2, 0) is 26.3 Å². The second-order valence-corrected chi connectivity index (χ2v) is 10.7. The molecule has 33 heavy (non-hydrogen) atoms. The summed E-state index contributed by atoms with van der Waals surface area (Å²) < 4.78 is 12.0. The summed E-state index contributed by atoms with van der Waals surface area (Å²) in [5, 5.41) is 0. The molecule has 0 aromatic heterocycles. The fourth-order valence-corrected chi connectivity index (χ4v) is 7.07. The fraction of sp³-hybridized carbons (Fsp3) is 0.750. The highest BCUT2D eigenvalue weighted by molar-refractivity contribution is 5.70. The Morgan fingerprint density at radius 2 is 1.61 bits per heavy atom. The van der Waals surface area contributed by atoms with Gasteiger partial charge in [0.05, 0.1) is 24.7 Å². The summed E-state index contributed by atoms with van der Waals surface area (Å²) in [6, 6.07) is 10.3. The van der Waals surface area contributed by atoms with Crippen LogP contribution in [0.1, 0.15) is 82.3 Å². The van der Waals surface area contributed by atoms with Crippen LogP contribution in [0.5, 0.6) is 0 Å². The van der Waals surface area contributed by atoms with Crippen LogP contribution in [0.2, 0.25) is 0 Å². The Hall–Kier alpha value is -1.43. The zero-order valence-electron chi connectivity index (χ0n) is 20.5. The second kappa shape index (κ2) is 10.5. The third-order valence-corrected chi connectivity index (χ3v) is 8.77. The molecule has 5 nitrogen and oxygen atoms in total. The molecule has 1 atom stereocenters. The normalized spacial score (nSPS) is 31.9. The van der Waals surface area contributed by atoms with Crippen LogP contribution < -0.4 is 0 Å². The molecule has 182 valence electrons. The number of hydrogen-bond acceptors (Lipinski definition) is 5. The van der Waals surface area contributed by atoms with Gasteiger partial charge in [0.25, 0.3) is 0 Å². The first-order valence-corrected chi connectivity index (χ1v) is 13.6. The molecule has 1 aromatic rings. The maximum Gasteiger partial charge on any atom is 0.308 e. The Labute approximate surface area is 199 Å². The van der Waals surface area contributed by atoms with Crippen molar-refractivity contribution in [2.75, 3.05) is 32.8 Å². The highest BCUT2D eigenvalue weighted by Crippen LogP contribution is 2.47. The highest BCUT2D eigenvalue weighted by Gasteiger charge is 2.45. The Balaban J connectivity index is 1.20. The lowest BCUT2D eigenvalue weighted by Crippen LogP contribution is -2.55. The van der Waals surface area contributed by atoms with Gasteiger partial charge in [-0.05, 0) is 63.0 Å². The minimum atomic E-state index is -0.230. The van der Waals surface area contributed by atoms with Gasteiger partial charge < -0.3 is 9.47 Å². The van der Waals surface area contributed by atoms with E-state index < -0.39 is 0 Å². The van der Waals surface area contributed by atoms with E-state index in [1.165, 1.54) is 82.3 Å². The number of ether oxygens (including phenoxy) is 2. The fourth-order valence-electron chi connectivity index (χ4n) is 7.07. The number of benzene rings is 1. The number of hydrogen-bond donors (Lipinski definition) is 0. The number of rotatable bonds is 5. The summed E-state index contributed by atoms with van der Waals surface area (Å²) in [6.07, 6.45) is 12.7. The van der Waals surface area contributed by atoms with E-state index in [-0.39, 0.29) is 17.7 Å². The summed E-state index contributed by atoms with van der Waals surface area (Å²) in [5.41, 5.74) is 2.50. The first-order chi connectivity index (χ1) is 16.2. The number of carbonyl (C=O) groups excluding carboxylic acids is 1. The zero-order chi connectivity index (χ0) is 22.7. The van der Waals surface area contributed by atoms with E-state index in [9.17, 15) is 4.79 Å². The summed E-state index contributed by atoms with van der Waals surface area (Å²) >= 11 is 0. The van der Waals surface area contributed by atoms with E-state index >= 15 is 0 Å². The predicted molar refractivity (Wildman–Crippen MR) is 130 cm³/mol. The van der Waals surface area contributed by atoms with Gasteiger partial charge >= 0.3 is 5.97 Å². The van der Waals surface area contributed by atoms with Gasteiger partial charge in [-0.2, -0.15) is 0 Å². The van der Waals surface area contributed by atoms with E-state index in [4.69, 9.17) is 9.47 Å². The highest BCUT2D eigenvalue weighted by atomic mass is 16.5. The largest absolute Gasteiger partial charge is 0.466 e. The smallest absolute Gasteiger partial charge is 0.308 e. The van der Waals surface area contributed by atoms with Gasteiger partial charge in [0, 0.05) is 38.3 Å². The van der Waals surface area contributed by atoms with Crippen molar-refractivity contribution in [3.63, 3.8) is 0 Å². The molecule has 5 rings (SSSR count). The van der Waals surface area contributed by atoms with E-state index in [0.29, 0.717) is 19.1 Å². The van der Waals surface area contributed by atoms with Gasteiger partial charge in [-0.15, -0.1) is 0 Å². The second-order valence-electron chi connectivity index (χ2n) is 10.7. The molecule has 0 radical (unpaired) electrons. The molecule has 0 unspecified atom stereocenters. The lowest BCUT2D eigenvalue weighted by atomic mass is 9.73. The summed E-state index contributed by atoms with van der Waals surface area (Å²) in [7, 11) is 0. The van der Waals surface area contributed by atoms with Crippen LogP contribution in [0.3, 0.4) is 0 Å². The van der Waals surface area contributed by atoms with Crippen LogP contribution in [0.15, 0.2) is 24.3 Å². The molecule has 2 heterocycles. The average Bonchev–Trinajstić information content (AvgIpc) is 2.85. The minimum Gasteiger partial charge on any atom is -0.466 e. The third kappa shape index (κ3) is 5.16. The van der Waals surface area contributed by atoms with Crippen molar-refractivity contribution in [1.82, 2.24) is 9.80 Å². The predicted octanol–water partition coefficient (Wildman–Crippen LogP) is 4.67. The van der Waals surface area contributed by atoms with Crippen LogP contribution in [-0.4, -0.2) is 66.7 Å². The quantitative estimate of drug-likeness (QED) is 0.605. The van der Waals surface area contributed by atoms with Crippen molar-refractivity contribution in [3.05, 3.63) is 35.4 Å². The first kappa shape index (κ1) is 23.3. The molecule has 1 aromatic carbocycles. The van der Waals surface area contributed by atoms with Gasteiger partial charge in [-0.25, -0.2) is 0 Å². The van der Waals surface area contributed by atoms with Gasteiger partial charge in [0.2, 0.25) is 0 Å². The Morgan fingerprint density at radius 3 is 2.27 bits per heavy atom. The lowest BCUT2D eigenvalue weighted by molar-refractivity contribution is -0.162. The summed E-state index contributed by atoms with van der Waals surface area (Å²) in [6.45, 7) is 7.23. The maximum absolute atomic E-state index is 12.2. The van der Waals surface area contributed by atoms with Crippen molar-refractivity contribution < 1.29 is 14.3 Å². The molecule has 2 aliphatic carbocycles. The third-order valence-electron chi connectivity index (χ3n) is 8.77. The number of carbonyl (C=O) groups is 1. The van der Waals surface area contributed by atoms with Crippen molar-refractivity contribution in [2.45, 2.75) is 101 Å². The van der Waals surface area contributed by atoms with Crippen molar-refractivity contribution in [3.8, 4) is 0 Å². The number of nitrogens with zero attached hydrogens (tertiary/aromatic N) is 2. The lowest BCUT2D eigenvalue weighted by Gasteiger charge is -2.50. The SMILES string of the molecule is CCOC(=O)C[C@H]1Cc2ccccc2C2(CCC(N3CCN(C4CCCCC4)CC3)CC2)O1. The Kier molecular flexibility index (Phi) is 7.39. The molecule has 5 heteroatoms. The van der Waals surface area contributed by atoms with Crippen LogP contribution in [0.4, 0.5) is 0 Å². The van der Waals surface area contributed by atoms with Crippen LogP contribution in [0, 0.1) is 0 Å². The van der Waals surface area contributed by atoms with Gasteiger partial charge in [0.1, 0.15) is 0 Å². The number of piperazine rings is 1. The van der Waals surface area contributed by atoms with E-state index in [1.807, 2.05) is 6.92 Å². The van der Waals surface area contributed by atoms with E-state index in [1.54, 1.807) is 0 Å². The number of esters is 1. The zero-order valence-corrected chi connectivity index (χ0v) is 20.5. The standard InChI is InChI=1S/C28H42N2O3/c1-2-32-27(31)21-25-20-22-8-6-7-11-26(22)28(33-25)14-12-24(13-15-28)30-18-16-29(17-19-30)23-9-4-3-5-10-23/h6-8,11,23-25H,2-5,9-10,12-21H2,1H3/t24?,25-,28?/m1/s1. The first-order valence-electron chi connectivity index (χ1n) is 13.6. The van der Waals surface area contributed by atoms with Crippen molar-refractivity contribution in [2.24, 2.45) is 0 Å². The molecule has 0 N–H and O–H groups in total. The van der Waals surface area contributed by atoms with Crippen molar-refractivity contribution >= 4 is 5.97 Å². The van der Waals surface area contributed by atoms with Gasteiger partial charge in [-0.3, -0.25) is 14.6 Å². The van der Waals surface area contributed by atoms with Crippen LogP contribution in [0.25, 0.3) is 0 Å². The molecule has 3 fully saturated rings. The summed E-state index contributed by atoms with van der Waals surface area (Å²) in [5.74, 6) is -0.137. The topological polar surface area (TPSA) is 42.0 Å². The summed E-state index contributed by atoms with van der Waals surface area (Å²) in [4.78, 5) is 17.7. The minimum absolute atomic E-state index is 0.0745. The van der Waals surface area contributed by atoms with Crippen molar-refractivity contribution in [1.29, 1.82) is 0 Å². The van der Waals surface area contributed by atoms with Crippen LogP contribution >= 0.6 is 0 Å². The molecule has 0 amide bonds. The molecule has 2 saturated carbocycles. The van der Waals surface area contributed by atoms with E-state index in [0.717, 1.165) is 25.3 Å². The van der Waals surface area contributed by atoms with Gasteiger partial charge in [0.15, 0.2) is 0 Å². The molecule has 1 saturated heterocycles. The molecular weight excluding hydrogens is 412 g/mol. The molecule has 1 spiro atoms. The van der Waals surface area contributed by atoms with Gasteiger partial charge in [-0.1, -0.05) is 43.5 Å². The molecule has 2 aliphatic heterocycles.